The van der Waals surface area contributed by atoms with Crippen LogP contribution >= 0.6 is 22.9 Å². The summed E-state index contributed by atoms with van der Waals surface area (Å²) in [6.45, 7) is 3.90. The van der Waals surface area contributed by atoms with Crippen LogP contribution in [-0.2, 0) is 0 Å². The minimum atomic E-state index is -0.103. The average molecular weight is 269 g/mol. The summed E-state index contributed by atoms with van der Waals surface area (Å²) in [6, 6.07) is 6.00. The molecule has 0 saturated carbocycles. The van der Waals surface area contributed by atoms with Gasteiger partial charge >= 0.3 is 0 Å². The van der Waals surface area contributed by atoms with Crippen LogP contribution in [0.25, 0.3) is 10.6 Å². The predicted molar refractivity (Wildman–Crippen MR) is 70.9 cm³/mol. The van der Waals surface area contributed by atoms with E-state index in [1.54, 1.807) is 7.11 Å². The molecule has 2 aromatic rings. The monoisotopic (exact) mass is 268 g/mol. The Balaban J connectivity index is 2.38. The third-order valence-corrected chi connectivity index (χ3v) is 3.93. The molecule has 0 spiro atoms. The molecule has 1 heterocycles. The van der Waals surface area contributed by atoms with Gasteiger partial charge in [-0.15, -0.1) is 21.8 Å². The van der Waals surface area contributed by atoms with Crippen LogP contribution in [0.2, 0.25) is 0 Å². The Bertz CT molecular complexity index is 525. The lowest BCUT2D eigenvalue weighted by atomic mass is 10.1. The van der Waals surface area contributed by atoms with Crippen LogP contribution in [0.5, 0.6) is 5.75 Å². The van der Waals surface area contributed by atoms with E-state index < -0.39 is 0 Å². The number of nitrogens with zero attached hydrogens (tertiary/aromatic N) is 2. The topological polar surface area (TPSA) is 35.0 Å². The Morgan fingerprint density at radius 2 is 2.12 bits per heavy atom. The van der Waals surface area contributed by atoms with Crippen LogP contribution in [-0.4, -0.2) is 17.3 Å². The van der Waals surface area contributed by atoms with E-state index in [-0.39, 0.29) is 5.38 Å². The number of aromatic nitrogens is 2. The summed E-state index contributed by atoms with van der Waals surface area (Å²) in [7, 11) is 1.67. The molecule has 0 aliphatic rings. The second-order valence-electron chi connectivity index (χ2n) is 3.75. The lowest BCUT2D eigenvalue weighted by Gasteiger charge is -2.05. The number of alkyl halides is 1. The molecule has 1 atom stereocenters. The molecule has 0 N–H and O–H groups in total. The summed E-state index contributed by atoms with van der Waals surface area (Å²) in [5.41, 5.74) is 2.11. The maximum Gasteiger partial charge on any atom is 0.147 e. The van der Waals surface area contributed by atoms with Gasteiger partial charge in [0.25, 0.3) is 0 Å². The fourth-order valence-electron chi connectivity index (χ4n) is 1.47. The van der Waals surface area contributed by atoms with E-state index in [2.05, 4.69) is 10.2 Å². The highest BCUT2D eigenvalue weighted by Crippen LogP contribution is 2.31. The first kappa shape index (κ1) is 12.3. The van der Waals surface area contributed by atoms with E-state index in [0.717, 1.165) is 26.9 Å². The number of methoxy groups -OCH3 is 1. The van der Waals surface area contributed by atoms with Crippen molar-refractivity contribution in [2.24, 2.45) is 0 Å². The Kier molecular flexibility index (Phi) is 3.64. The van der Waals surface area contributed by atoms with Gasteiger partial charge in [-0.2, -0.15) is 0 Å². The molecule has 17 heavy (non-hydrogen) atoms. The van der Waals surface area contributed by atoms with Crippen LogP contribution in [0.3, 0.4) is 0 Å². The Morgan fingerprint density at radius 1 is 1.35 bits per heavy atom. The normalized spacial score (nSPS) is 12.5. The first-order chi connectivity index (χ1) is 8.11. The van der Waals surface area contributed by atoms with Gasteiger partial charge in [0.05, 0.1) is 12.5 Å². The molecule has 1 aromatic heterocycles. The van der Waals surface area contributed by atoms with E-state index >= 15 is 0 Å². The number of ether oxygens (including phenoxy) is 1. The molecule has 0 bridgehead atoms. The molecule has 0 amide bonds. The first-order valence-electron chi connectivity index (χ1n) is 5.24. The zero-order valence-electron chi connectivity index (χ0n) is 9.90. The minimum Gasteiger partial charge on any atom is -0.496 e. The minimum absolute atomic E-state index is 0.103. The van der Waals surface area contributed by atoms with Crippen molar-refractivity contribution in [3.63, 3.8) is 0 Å². The summed E-state index contributed by atoms with van der Waals surface area (Å²) in [5.74, 6) is 0.859. The van der Waals surface area contributed by atoms with Gasteiger partial charge < -0.3 is 4.74 Å². The number of halogens is 1. The van der Waals surface area contributed by atoms with Crippen molar-refractivity contribution in [2.75, 3.05) is 7.11 Å². The fraction of sp³-hybridized carbons (Fsp3) is 0.333. The summed E-state index contributed by atoms with van der Waals surface area (Å²) >= 11 is 7.48. The molecular formula is C12H13ClN2OS. The third kappa shape index (κ3) is 2.58. The quantitative estimate of drug-likeness (QED) is 0.794. The number of rotatable bonds is 3. The van der Waals surface area contributed by atoms with Gasteiger partial charge in [-0.05, 0) is 25.5 Å². The van der Waals surface area contributed by atoms with Crippen LogP contribution < -0.4 is 4.74 Å². The van der Waals surface area contributed by atoms with Crippen LogP contribution in [0, 0.1) is 6.92 Å². The molecule has 3 nitrogen and oxygen atoms in total. The Labute approximate surface area is 109 Å². The third-order valence-electron chi connectivity index (χ3n) is 2.44. The van der Waals surface area contributed by atoms with Crippen molar-refractivity contribution in [3.8, 4) is 16.3 Å². The summed E-state index contributed by atoms with van der Waals surface area (Å²) in [5, 5.41) is 9.80. The van der Waals surface area contributed by atoms with Crippen molar-refractivity contribution in [3.05, 3.63) is 28.8 Å². The summed E-state index contributed by atoms with van der Waals surface area (Å²) in [6.07, 6.45) is 0. The number of hydrogen-bond acceptors (Lipinski definition) is 4. The SMILES string of the molecule is COc1cc(-c2nnc(C(C)Cl)s2)ccc1C. The van der Waals surface area contributed by atoms with Crippen molar-refractivity contribution in [1.29, 1.82) is 0 Å². The molecule has 0 aliphatic heterocycles. The van der Waals surface area contributed by atoms with E-state index in [4.69, 9.17) is 16.3 Å². The second kappa shape index (κ2) is 5.02. The molecule has 1 aromatic carbocycles. The number of benzene rings is 1. The van der Waals surface area contributed by atoms with E-state index in [9.17, 15) is 0 Å². The summed E-state index contributed by atoms with van der Waals surface area (Å²) in [4.78, 5) is 0. The van der Waals surface area contributed by atoms with Crippen LogP contribution in [0.15, 0.2) is 18.2 Å². The fourth-order valence-corrected chi connectivity index (χ4v) is 2.41. The molecule has 1 unspecified atom stereocenters. The molecule has 90 valence electrons. The molecule has 0 saturated heterocycles. The van der Waals surface area contributed by atoms with Crippen molar-refractivity contribution < 1.29 is 4.74 Å². The first-order valence-corrected chi connectivity index (χ1v) is 6.49. The molecule has 0 aliphatic carbocycles. The molecular weight excluding hydrogens is 256 g/mol. The highest BCUT2D eigenvalue weighted by atomic mass is 35.5. The van der Waals surface area contributed by atoms with Gasteiger partial charge in [0.1, 0.15) is 15.8 Å². The molecule has 0 fully saturated rings. The molecule has 5 heteroatoms. The molecule has 0 radical (unpaired) electrons. The van der Waals surface area contributed by atoms with Crippen molar-refractivity contribution >= 4 is 22.9 Å². The zero-order valence-corrected chi connectivity index (χ0v) is 11.5. The number of hydrogen-bond donors (Lipinski definition) is 0. The van der Waals surface area contributed by atoms with Gasteiger partial charge in [-0.25, -0.2) is 0 Å². The lowest BCUT2D eigenvalue weighted by molar-refractivity contribution is 0.412. The van der Waals surface area contributed by atoms with Gasteiger partial charge in [0.15, 0.2) is 0 Å². The maximum absolute atomic E-state index is 5.97. The molecule has 2 rings (SSSR count). The predicted octanol–water partition coefficient (Wildman–Crippen LogP) is 3.82. The smallest absolute Gasteiger partial charge is 0.147 e. The van der Waals surface area contributed by atoms with Crippen LogP contribution in [0.1, 0.15) is 22.9 Å². The Hall–Kier alpha value is -1.13. The summed E-state index contributed by atoms with van der Waals surface area (Å²) < 4.78 is 5.29. The largest absolute Gasteiger partial charge is 0.496 e. The van der Waals surface area contributed by atoms with Gasteiger partial charge in [-0.3, -0.25) is 0 Å². The number of aryl methyl sites for hydroxylation is 1. The zero-order chi connectivity index (χ0) is 12.4. The van der Waals surface area contributed by atoms with Crippen molar-refractivity contribution in [2.45, 2.75) is 19.2 Å². The average Bonchev–Trinajstić information content (AvgIpc) is 2.79. The van der Waals surface area contributed by atoms with Gasteiger partial charge in [0.2, 0.25) is 0 Å². The van der Waals surface area contributed by atoms with E-state index in [0.29, 0.717) is 0 Å². The lowest BCUT2D eigenvalue weighted by Crippen LogP contribution is -1.87. The van der Waals surface area contributed by atoms with E-state index in [1.807, 2.05) is 32.0 Å². The highest BCUT2D eigenvalue weighted by Gasteiger charge is 2.11. The Morgan fingerprint density at radius 3 is 2.71 bits per heavy atom. The van der Waals surface area contributed by atoms with Gasteiger partial charge in [-0.1, -0.05) is 23.5 Å². The second-order valence-corrected chi connectivity index (χ2v) is 5.41. The maximum atomic E-state index is 5.97. The van der Waals surface area contributed by atoms with Gasteiger partial charge in [0, 0.05) is 5.56 Å². The van der Waals surface area contributed by atoms with Crippen molar-refractivity contribution in [1.82, 2.24) is 10.2 Å². The highest BCUT2D eigenvalue weighted by molar-refractivity contribution is 7.15. The van der Waals surface area contributed by atoms with E-state index in [1.165, 1.54) is 11.3 Å². The standard InChI is InChI=1S/C12H13ClN2OS/c1-7-4-5-9(6-10(7)16-3)12-15-14-11(17-12)8(2)13/h4-6,8H,1-3H3. The van der Waals surface area contributed by atoms with Crippen LogP contribution in [0.4, 0.5) is 0 Å².